The lowest BCUT2D eigenvalue weighted by Gasteiger charge is -2.20. The maximum atomic E-state index is 5.46. The first kappa shape index (κ1) is 16.8. The fourth-order valence-corrected chi connectivity index (χ4v) is 2.25. The summed E-state index contributed by atoms with van der Waals surface area (Å²) in [5.41, 5.74) is 2.40. The first-order valence-corrected chi connectivity index (χ1v) is 7.50. The third-order valence-corrected chi connectivity index (χ3v) is 3.34. The van der Waals surface area contributed by atoms with E-state index in [-0.39, 0.29) is 0 Å². The number of nitrogens with zero attached hydrogens (tertiary/aromatic N) is 1. The Bertz CT molecular complexity index is 402. The average molecular weight is 278 g/mol. The topological polar surface area (TPSA) is 24.5 Å². The number of nitrogens with one attached hydrogen (secondary N) is 1. The Morgan fingerprint density at radius 2 is 1.85 bits per heavy atom. The van der Waals surface area contributed by atoms with Crippen molar-refractivity contribution in [3.63, 3.8) is 0 Å². The van der Waals surface area contributed by atoms with Crippen LogP contribution in [0.4, 0.5) is 5.69 Å². The maximum absolute atomic E-state index is 5.46. The minimum absolute atomic E-state index is 0.459. The lowest BCUT2D eigenvalue weighted by Crippen LogP contribution is -2.17. The summed E-state index contributed by atoms with van der Waals surface area (Å²) in [5, 5.41) is 3.59. The number of ether oxygens (including phenoxy) is 1. The summed E-state index contributed by atoms with van der Waals surface area (Å²) < 4.78 is 5.46. The largest absolute Gasteiger partial charge is 0.495 e. The van der Waals surface area contributed by atoms with E-state index in [9.17, 15) is 0 Å². The van der Waals surface area contributed by atoms with Gasteiger partial charge in [-0.25, -0.2) is 0 Å². The second-order valence-corrected chi connectivity index (χ2v) is 6.29. The Morgan fingerprint density at radius 1 is 1.15 bits per heavy atom. The molecule has 20 heavy (non-hydrogen) atoms. The van der Waals surface area contributed by atoms with E-state index in [1.807, 2.05) is 0 Å². The van der Waals surface area contributed by atoms with Gasteiger partial charge in [0.05, 0.1) is 12.8 Å². The third kappa shape index (κ3) is 5.83. The van der Waals surface area contributed by atoms with E-state index in [1.54, 1.807) is 7.11 Å². The summed E-state index contributed by atoms with van der Waals surface area (Å²) in [6.45, 7) is 7.72. The molecule has 3 nitrogen and oxygen atoms in total. The van der Waals surface area contributed by atoms with Crippen molar-refractivity contribution in [2.75, 3.05) is 26.5 Å². The van der Waals surface area contributed by atoms with Crippen molar-refractivity contribution in [2.24, 2.45) is 5.92 Å². The smallest absolute Gasteiger partial charge is 0.141 e. The zero-order chi connectivity index (χ0) is 15.1. The highest BCUT2D eigenvalue weighted by Gasteiger charge is 2.09. The van der Waals surface area contributed by atoms with Gasteiger partial charge in [-0.2, -0.15) is 0 Å². The zero-order valence-corrected chi connectivity index (χ0v) is 13.9. The highest BCUT2D eigenvalue weighted by Crippen LogP contribution is 2.27. The van der Waals surface area contributed by atoms with E-state index in [2.05, 4.69) is 63.3 Å². The predicted molar refractivity (Wildman–Crippen MR) is 87.5 cm³/mol. The molecule has 114 valence electrons. The van der Waals surface area contributed by atoms with Gasteiger partial charge >= 0.3 is 0 Å². The second-order valence-electron chi connectivity index (χ2n) is 6.29. The van der Waals surface area contributed by atoms with Crippen LogP contribution in [0.3, 0.4) is 0 Å². The molecule has 1 N–H and O–H groups in total. The average Bonchev–Trinajstić information content (AvgIpc) is 2.36. The highest BCUT2D eigenvalue weighted by molar-refractivity contribution is 5.58. The van der Waals surface area contributed by atoms with Gasteiger partial charge in [-0.1, -0.05) is 19.9 Å². The summed E-state index contributed by atoms with van der Waals surface area (Å²) in [7, 11) is 5.90. The molecule has 0 aromatic heterocycles. The summed E-state index contributed by atoms with van der Waals surface area (Å²) in [4.78, 5) is 2.17. The molecule has 1 rings (SSSR count). The van der Waals surface area contributed by atoms with Gasteiger partial charge in [0, 0.05) is 12.6 Å². The molecule has 0 amide bonds. The Kier molecular flexibility index (Phi) is 6.86. The number of hydrogen-bond acceptors (Lipinski definition) is 3. The molecule has 0 saturated heterocycles. The molecule has 1 unspecified atom stereocenters. The normalized spacial score (nSPS) is 12.8. The number of benzene rings is 1. The lowest BCUT2D eigenvalue weighted by molar-refractivity contribution is 0.400. The van der Waals surface area contributed by atoms with Crippen LogP contribution >= 0.6 is 0 Å². The zero-order valence-electron chi connectivity index (χ0n) is 13.9. The molecule has 3 heteroatoms. The number of anilines is 1. The summed E-state index contributed by atoms with van der Waals surface area (Å²) in [5.74, 6) is 1.67. The predicted octanol–water partition coefficient (Wildman–Crippen LogP) is 3.99. The molecule has 0 spiro atoms. The minimum Gasteiger partial charge on any atom is -0.495 e. The van der Waals surface area contributed by atoms with Crippen LogP contribution in [0, 0.1) is 5.92 Å². The maximum Gasteiger partial charge on any atom is 0.141 e. The molecule has 0 radical (unpaired) electrons. The van der Waals surface area contributed by atoms with Crippen molar-refractivity contribution < 1.29 is 4.74 Å². The molecule has 0 aliphatic carbocycles. The van der Waals surface area contributed by atoms with Crippen molar-refractivity contribution in [1.29, 1.82) is 0 Å². The molecular weight excluding hydrogens is 248 g/mol. The first-order chi connectivity index (χ1) is 9.42. The molecule has 0 saturated carbocycles. The molecule has 1 atom stereocenters. The molecule has 1 aromatic carbocycles. The van der Waals surface area contributed by atoms with E-state index in [1.165, 1.54) is 18.4 Å². The Labute approximate surface area is 124 Å². The van der Waals surface area contributed by atoms with Crippen LogP contribution in [0.5, 0.6) is 5.75 Å². The molecule has 0 fully saturated rings. The summed E-state index contributed by atoms with van der Waals surface area (Å²) >= 11 is 0. The molecule has 0 bridgehead atoms. The van der Waals surface area contributed by atoms with E-state index in [0.29, 0.717) is 6.04 Å². The van der Waals surface area contributed by atoms with Crippen LogP contribution in [-0.4, -0.2) is 32.1 Å². The van der Waals surface area contributed by atoms with E-state index < -0.39 is 0 Å². The Hall–Kier alpha value is -1.22. The molecular formula is C17H30N2O. The van der Waals surface area contributed by atoms with Crippen LogP contribution in [0.25, 0.3) is 0 Å². The van der Waals surface area contributed by atoms with Crippen LogP contribution in [0.2, 0.25) is 0 Å². The van der Waals surface area contributed by atoms with Gasteiger partial charge in [-0.05, 0) is 57.5 Å². The van der Waals surface area contributed by atoms with Gasteiger partial charge in [0.1, 0.15) is 5.75 Å². The number of methoxy groups -OCH3 is 1. The second kappa shape index (κ2) is 8.15. The van der Waals surface area contributed by atoms with Gasteiger partial charge in [0.25, 0.3) is 0 Å². The fraction of sp³-hybridized carbons (Fsp3) is 0.647. The number of rotatable bonds is 8. The van der Waals surface area contributed by atoms with Gasteiger partial charge < -0.3 is 15.0 Å². The van der Waals surface area contributed by atoms with E-state index >= 15 is 0 Å². The van der Waals surface area contributed by atoms with Gasteiger partial charge in [0.2, 0.25) is 0 Å². The molecule has 1 aromatic rings. The van der Waals surface area contributed by atoms with Gasteiger partial charge in [-0.3, -0.25) is 0 Å². The quantitative estimate of drug-likeness (QED) is 0.778. The number of hydrogen-bond donors (Lipinski definition) is 1. The van der Waals surface area contributed by atoms with Crippen molar-refractivity contribution in [1.82, 2.24) is 4.90 Å². The SMILES string of the molecule is COc1ccc(CN(C)C)cc1NC(C)CCC(C)C. The van der Waals surface area contributed by atoms with Gasteiger partial charge in [0.15, 0.2) is 0 Å². The fourth-order valence-electron chi connectivity index (χ4n) is 2.25. The first-order valence-electron chi connectivity index (χ1n) is 7.50. The standard InChI is InChI=1S/C17H30N2O/c1-13(2)7-8-14(3)18-16-11-15(12-19(4)5)9-10-17(16)20-6/h9-11,13-14,18H,7-8,12H2,1-6H3. The van der Waals surface area contributed by atoms with Crippen LogP contribution in [0.15, 0.2) is 18.2 Å². The third-order valence-electron chi connectivity index (χ3n) is 3.34. The van der Waals surface area contributed by atoms with Crippen molar-refractivity contribution in [3.05, 3.63) is 23.8 Å². The minimum atomic E-state index is 0.459. The Balaban J connectivity index is 2.74. The Morgan fingerprint density at radius 3 is 2.40 bits per heavy atom. The van der Waals surface area contributed by atoms with Crippen LogP contribution in [0.1, 0.15) is 39.2 Å². The lowest BCUT2D eigenvalue weighted by atomic mass is 10.0. The molecule has 0 aliphatic rings. The summed E-state index contributed by atoms with van der Waals surface area (Å²) in [6.07, 6.45) is 2.42. The van der Waals surface area contributed by atoms with Crippen molar-refractivity contribution in [3.8, 4) is 5.75 Å². The van der Waals surface area contributed by atoms with Crippen LogP contribution in [-0.2, 0) is 6.54 Å². The molecule has 0 aliphatic heterocycles. The van der Waals surface area contributed by atoms with E-state index in [0.717, 1.165) is 23.9 Å². The van der Waals surface area contributed by atoms with E-state index in [4.69, 9.17) is 4.74 Å². The van der Waals surface area contributed by atoms with Crippen LogP contribution < -0.4 is 10.1 Å². The monoisotopic (exact) mass is 278 g/mol. The van der Waals surface area contributed by atoms with Crippen molar-refractivity contribution >= 4 is 5.69 Å². The molecule has 0 heterocycles. The van der Waals surface area contributed by atoms with Gasteiger partial charge in [-0.15, -0.1) is 0 Å². The van der Waals surface area contributed by atoms with Crippen molar-refractivity contribution in [2.45, 2.75) is 46.2 Å². The summed E-state index contributed by atoms with van der Waals surface area (Å²) in [6, 6.07) is 6.84. The highest BCUT2D eigenvalue weighted by atomic mass is 16.5.